The lowest BCUT2D eigenvalue weighted by molar-refractivity contribution is -0.116. The number of carboxylic acid groups (broad SMARTS) is 1. The van der Waals surface area contributed by atoms with Gasteiger partial charge in [0.1, 0.15) is 11.3 Å². The van der Waals surface area contributed by atoms with Crippen LogP contribution < -0.4 is 10.1 Å². The van der Waals surface area contributed by atoms with Crippen LogP contribution in [0.3, 0.4) is 0 Å². The highest BCUT2D eigenvalue weighted by Gasteiger charge is 2.34. The van der Waals surface area contributed by atoms with Gasteiger partial charge in [-0.3, -0.25) is 4.79 Å². The number of benzene rings is 2. The Morgan fingerprint density at radius 1 is 1.28 bits per heavy atom. The molecule has 1 aromatic heterocycles. The Bertz CT molecular complexity index is 1160. The molecule has 2 N–H and O–H groups in total. The van der Waals surface area contributed by atoms with Crippen molar-refractivity contribution < 1.29 is 19.4 Å². The molecular weight excluding hydrogens is 370 g/mol. The van der Waals surface area contributed by atoms with Gasteiger partial charge in [-0.05, 0) is 29.8 Å². The normalized spacial score (nSPS) is 15.2. The highest BCUT2D eigenvalue weighted by atomic mass is 16.5. The van der Waals surface area contributed by atoms with Crippen molar-refractivity contribution in [2.24, 2.45) is 0 Å². The molecule has 0 saturated heterocycles. The maximum absolute atomic E-state index is 12.4. The number of nitrogens with one attached hydrogen (secondary N) is 1. The first-order valence-electron chi connectivity index (χ1n) is 8.94. The number of amides is 1. The number of hydrogen-bond acceptors (Lipinski definition) is 4. The zero-order valence-electron chi connectivity index (χ0n) is 15.5. The van der Waals surface area contributed by atoms with Crippen LogP contribution in [0.5, 0.6) is 5.75 Å². The molecule has 1 atom stereocenters. The van der Waals surface area contributed by atoms with Crippen molar-refractivity contribution in [2.45, 2.75) is 12.3 Å². The van der Waals surface area contributed by atoms with Gasteiger partial charge in [0.05, 0.1) is 30.1 Å². The summed E-state index contributed by atoms with van der Waals surface area (Å²) in [7, 11) is 1.56. The van der Waals surface area contributed by atoms with Gasteiger partial charge in [-0.15, -0.1) is 0 Å². The summed E-state index contributed by atoms with van der Waals surface area (Å²) in [6.45, 7) is 0. The summed E-state index contributed by atoms with van der Waals surface area (Å²) < 4.78 is 7.08. The van der Waals surface area contributed by atoms with Crippen molar-refractivity contribution in [1.29, 1.82) is 5.26 Å². The van der Waals surface area contributed by atoms with Crippen LogP contribution in [0, 0.1) is 11.3 Å². The number of nitriles is 1. The molecule has 1 amide bonds. The number of aromatic nitrogens is 1. The molecule has 0 unspecified atom stereocenters. The fraction of sp³-hybridized carbons (Fsp3) is 0.136. The predicted molar refractivity (Wildman–Crippen MR) is 106 cm³/mol. The molecule has 7 nitrogen and oxygen atoms in total. The number of carboxylic acids is 1. The van der Waals surface area contributed by atoms with E-state index < -0.39 is 5.97 Å². The molecule has 2 aromatic carbocycles. The van der Waals surface area contributed by atoms with Gasteiger partial charge >= 0.3 is 5.97 Å². The van der Waals surface area contributed by atoms with Crippen molar-refractivity contribution in [3.8, 4) is 17.5 Å². The third-order valence-corrected chi connectivity index (χ3v) is 5.03. The molecule has 4 rings (SSSR count). The van der Waals surface area contributed by atoms with Crippen molar-refractivity contribution in [1.82, 2.24) is 4.57 Å². The molecule has 1 aliphatic heterocycles. The Hall–Kier alpha value is -4.05. The van der Waals surface area contributed by atoms with E-state index in [9.17, 15) is 14.7 Å². The molecule has 0 fully saturated rings. The number of carbonyl (C=O) groups excluding carboxylic acids is 1. The summed E-state index contributed by atoms with van der Waals surface area (Å²) in [6, 6.07) is 16.3. The third-order valence-electron chi connectivity index (χ3n) is 5.03. The van der Waals surface area contributed by atoms with Crippen molar-refractivity contribution >= 4 is 17.6 Å². The van der Waals surface area contributed by atoms with E-state index in [1.54, 1.807) is 48.1 Å². The van der Waals surface area contributed by atoms with Crippen LogP contribution in [0.1, 0.15) is 39.5 Å². The second-order valence-corrected chi connectivity index (χ2v) is 6.72. The van der Waals surface area contributed by atoms with E-state index in [0.29, 0.717) is 22.7 Å². The van der Waals surface area contributed by atoms with Gasteiger partial charge in [-0.2, -0.15) is 5.26 Å². The largest absolute Gasteiger partial charge is 0.497 e. The molecule has 0 bridgehead atoms. The van der Waals surface area contributed by atoms with Crippen LogP contribution in [0.2, 0.25) is 0 Å². The molecule has 0 saturated carbocycles. The lowest BCUT2D eigenvalue weighted by atomic mass is 9.88. The van der Waals surface area contributed by atoms with Gasteiger partial charge in [-0.25, -0.2) is 4.79 Å². The van der Waals surface area contributed by atoms with Crippen LogP contribution in [0.4, 0.5) is 5.69 Å². The lowest BCUT2D eigenvalue weighted by Crippen LogP contribution is -2.25. The number of rotatable bonds is 4. The van der Waals surface area contributed by atoms with Crippen LogP contribution in [0.15, 0.2) is 54.7 Å². The van der Waals surface area contributed by atoms with Crippen LogP contribution in [0.25, 0.3) is 5.69 Å². The molecule has 0 radical (unpaired) electrons. The fourth-order valence-corrected chi connectivity index (χ4v) is 3.67. The van der Waals surface area contributed by atoms with Gasteiger partial charge < -0.3 is 19.7 Å². The second kappa shape index (κ2) is 7.17. The summed E-state index contributed by atoms with van der Waals surface area (Å²) in [5, 5.41) is 21.5. The molecule has 2 heterocycles. The topological polar surface area (TPSA) is 104 Å². The molecule has 0 aliphatic carbocycles. The first-order chi connectivity index (χ1) is 14.0. The van der Waals surface area contributed by atoms with Gasteiger partial charge in [-0.1, -0.05) is 18.2 Å². The van der Waals surface area contributed by atoms with Gasteiger partial charge in [0.25, 0.3) is 0 Å². The van der Waals surface area contributed by atoms with Crippen LogP contribution >= 0.6 is 0 Å². The number of nitrogens with zero attached hydrogens (tertiary/aromatic N) is 2. The van der Waals surface area contributed by atoms with E-state index in [1.807, 2.05) is 12.1 Å². The summed E-state index contributed by atoms with van der Waals surface area (Å²) in [5.41, 5.74) is 3.08. The van der Waals surface area contributed by atoms with Gasteiger partial charge in [0.15, 0.2) is 0 Å². The molecule has 0 spiro atoms. The van der Waals surface area contributed by atoms with E-state index in [1.165, 1.54) is 6.20 Å². The van der Waals surface area contributed by atoms with E-state index in [0.717, 1.165) is 11.3 Å². The summed E-state index contributed by atoms with van der Waals surface area (Å²) >= 11 is 0. The first-order valence-corrected chi connectivity index (χ1v) is 8.94. The summed E-state index contributed by atoms with van der Waals surface area (Å²) in [6.07, 6.45) is 1.69. The Morgan fingerprint density at radius 2 is 2.03 bits per heavy atom. The second-order valence-electron chi connectivity index (χ2n) is 6.72. The van der Waals surface area contributed by atoms with Crippen molar-refractivity contribution in [2.75, 3.05) is 12.4 Å². The smallest absolute Gasteiger partial charge is 0.339 e. The summed E-state index contributed by atoms with van der Waals surface area (Å²) in [5.74, 6) is -1.09. The number of carbonyl (C=O) groups is 2. The molecule has 3 aromatic rings. The molecule has 7 heteroatoms. The Balaban J connectivity index is 1.94. The van der Waals surface area contributed by atoms with Crippen molar-refractivity contribution in [3.05, 3.63) is 77.1 Å². The number of fused-ring (bicyclic) bond motifs is 1. The average Bonchev–Trinajstić information content (AvgIpc) is 3.13. The van der Waals surface area contributed by atoms with Gasteiger partial charge in [0.2, 0.25) is 5.91 Å². The van der Waals surface area contributed by atoms with E-state index in [2.05, 4.69) is 11.4 Å². The van der Waals surface area contributed by atoms with E-state index >= 15 is 0 Å². The highest BCUT2D eigenvalue weighted by molar-refractivity contribution is 6.04. The quantitative estimate of drug-likeness (QED) is 0.713. The standard InChI is InChI=1S/C22H17N3O4/c1-29-16-4-2-3-15(9-16)25-12-18(22(27)28)20-21(25)17(10-19(26)24-20)14-7-5-13(11-23)6-8-14/h2-9,12,17H,10H2,1H3,(H,24,26)(H,27,28)/t17-/m0/s1. The monoisotopic (exact) mass is 387 g/mol. The van der Waals surface area contributed by atoms with E-state index in [-0.39, 0.29) is 23.8 Å². The van der Waals surface area contributed by atoms with Crippen molar-refractivity contribution in [3.63, 3.8) is 0 Å². The zero-order chi connectivity index (χ0) is 20.5. The highest BCUT2D eigenvalue weighted by Crippen LogP contribution is 2.41. The fourth-order valence-electron chi connectivity index (χ4n) is 3.67. The molecule has 29 heavy (non-hydrogen) atoms. The Labute approximate surface area is 166 Å². The minimum absolute atomic E-state index is 0.0227. The summed E-state index contributed by atoms with van der Waals surface area (Å²) in [4.78, 5) is 24.2. The third kappa shape index (κ3) is 3.21. The number of methoxy groups -OCH3 is 1. The maximum atomic E-state index is 12.4. The van der Waals surface area contributed by atoms with Gasteiger partial charge in [0, 0.05) is 30.3 Å². The maximum Gasteiger partial charge on any atom is 0.339 e. The SMILES string of the molecule is COc1cccc(-n2cc(C(=O)O)c3c2[C@H](c2ccc(C#N)cc2)CC(=O)N3)c1. The average molecular weight is 387 g/mol. The lowest BCUT2D eigenvalue weighted by Gasteiger charge is -2.26. The number of hydrogen-bond donors (Lipinski definition) is 2. The number of anilines is 1. The number of aromatic carboxylic acids is 1. The first kappa shape index (κ1) is 18.3. The number of ether oxygens (including phenoxy) is 1. The van der Waals surface area contributed by atoms with Crippen LogP contribution in [-0.2, 0) is 4.79 Å². The van der Waals surface area contributed by atoms with E-state index in [4.69, 9.17) is 10.00 Å². The minimum Gasteiger partial charge on any atom is -0.497 e. The Morgan fingerprint density at radius 3 is 2.69 bits per heavy atom. The zero-order valence-corrected chi connectivity index (χ0v) is 15.5. The Kier molecular flexibility index (Phi) is 4.53. The predicted octanol–water partition coefficient (Wildman–Crippen LogP) is 3.53. The molecular formula is C22H17N3O4. The molecule has 144 valence electrons. The van der Waals surface area contributed by atoms with Crippen LogP contribution in [-0.4, -0.2) is 28.7 Å². The minimum atomic E-state index is -1.12. The molecule has 1 aliphatic rings.